The molecule has 0 aliphatic rings. The van der Waals surface area contributed by atoms with Gasteiger partial charge in [-0.15, -0.1) is 0 Å². The molecule has 0 heterocycles. The molecule has 8 heteroatoms. The van der Waals surface area contributed by atoms with Gasteiger partial charge < -0.3 is 21.1 Å². The quantitative estimate of drug-likeness (QED) is 0.214. The van der Waals surface area contributed by atoms with E-state index in [2.05, 4.69) is 15.6 Å². The van der Waals surface area contributed by atoms with Crippen molar-refractivity contribution < 1.29 is 14.3 Å². The van der Waals surface area contributed by atoms with Gasteiger partial charge in [-0.3, -0.25) is 9.59 Å². The van der Waals surface area contributed by atoms with E-state index in [9.17, 15) is 9.59 Å². The molecule has 0 saturated heterocycles. The average Bonchev–Trinajstić information content (AvgIpc) is 2.79. The Balaban J connectivity index is 0.00000265. The summed E-state index contributed by atoms with van der Waals surface area (Å²) in [6.07, 6.45) is 1.94. The second-order valence-electron chi connectivity index (χ2n) is 6.68. The highest BCUT2D eigenvalue weighted by molar-refractivity contribution is 6.30. The highest BCUT2D eigenvalue weighted by atomic mass is 35.5. The highest BCUT2D eigenvalue weighted by Gasteiger charge is 2.04. The van der Waals surface area contributed by atoms with Crippen LogP contribution in [0, 0.1) is 0 Å². The summed E-state index contributed by atoms with van der Waals surface area (Å²) >= 11 is 5.91. The molecule has 0 atom stereocenters. The zero-order valence-corrected chi connectivity index (χ0v) is 20.4. The molecule has 0 unspecified atom stereocenters. The van der Waals surface area contributed by atoms with Crippen LogP contribution in [0.4, 0.5) is 5.69 Å². The molecule has 0 saturated carbocycles. The number of hydrogen-bond donors (Lipinski definition) is 3. The summed E-state index contributed by atoms with van der Waals surface area (Å²) in [4.78, 5) is 27.4. The topological polar surface area (TPSA) is 106 Å². The number of ether oxygens (including phenoxy) is 1. The van der Waals surface area contributed by atoms with Crippen molar-refractivity contribution in [3.63, 3.8) is 0 Å². The van der Waals surface area contributed by atoms with E-state index in [1.165, 1.54) is 6.92 Å². The number of carbonyl (C=O) groups is 2. The molecule has 0 radical (unpaired) electrons. The average molecular weight is 473 g/mol. The van der Waals surface area contributed by atoms with E-state index < -0.39 is 0 Å². The molecule has 1 amide bonds. The van der Waals surface area contributed by atoms with Crippen molar-refractivity contribution in [1.29, 1.82) is 0 Å². The Hall–Kier alpha value is -3.16. The fourth-order valence-corrected chi connectivity index (χ4v) is 2.76. The van der Waals surface area contributed by atoms with Gasteiger partial charge in [0.1, 0.15) is 5.84 Å². The van der Waals surface area contributed by atoms with Crippen molar-refractivity contribution >= 4 is 40.7 Å². The third-order valence-corrected chi connectivity index (χ3v) is 4.35. The Kier molecular flexibility index (Phi) is 13.2. The van der Waals surface area contributed by atoms with Gasteiger partial charge in [0.2, 0.25) is 5.91 Å². The van der Waals surface area contributed by atoms with Gasteiger partial charge in [-0.1, -0.05) is 49.7 Å². The summed E-state index contributed by atoms with van der Waals surface area (Å²) in [5, 5.41) is 6.50. The van der Waals surface area contributed by atoms with Crippen LogP contribution in [-0.4, -0.2) is 30.9 Å². The lowest BCUT2D eigenvalue weighted by molar-refractivity contribution is -0.143. The van der Waals surface area contributed by atoms with Crippen molar-refractivity contribution in [2.75, 3.05) is 13.2 Å². The minimum Gasteiger partial charge on any atom is -0.466 e. The van der Waals surface area contributed by atoms with E-state index in [0.717, 1.165) is 11.1 Å². The number of carbonyl (C=O) groups excluding carboxylic acids is 2. The fraction of sp³-hybridized carbons (Fsp3) is 0.320. The zero-order chi connectivity index (χ0) is 24.6. The number of benzene rings is 2. The van der Waals surface area contributed by atoms with Crippen molar-refractivity contribution in [3.05, 3.63) is 70.8 Å². The Labute approximate surface area is 201 Å². The van der Waals surface area contributed by atoms with Gasteiger partial charge in [0.15, 0.2) is 0 Å². The smallest absolute Gasteiger partial charge is 0.307 e. The van der Waals surface area contributed by atoms with Gasteiger partial charge in [0.25, 0.3) is 0 Å². The maximum atomic E-state index is 11.6. The molecule has 33 heavy (non-hydrogen) atoms. The monoisotopic (exact) mass is 472 g/mol. The number of nitrogens with two attached hydrogens (primary N) is 1. The fourth-order valence-electron chi connectivity index (χ4n) is 2.63. The normalized spacial score (nSPS) is 11.3. The molecular weight excluding hydrogens is 440 g/mol. The molecule has 0 spiro atoms. The molecule has 0 aliphatic carbocycles. The van der Waals surface area contributed by atoms with E-state index in [0.29, 0.717) is 48.4 Å². The maximum Gasteiger partial charge on any atom is 0.307 e. The summed E-state index contributed by atoms with van der Waals surface area (Å²) < 4.78 is 4.89. The van der Waals surface area contributed by atoms with Crippen LogP contribution < -0.4 is 16.4 Å². The van der Waals surface area contributed by atoms with E-state index in [-0.39, 0.29) is 11.9 Å². The molecule has 7 nitrogen and oxygen atoms in total. The van der Waals surface area contributed by atoms with Crippen molar-refractivity contribution in [3.8, 4) is 0 Å². The first-order chi connectivity index (χ1) is 15.9. The highest BCUT2D eigenvalue weighted by Crippen LogP contribution is 2.16. The molecule has 0 aromatic heterocycles. The molecule has 0 fully saturated rings. The van der Waals surface area contributed by atoms with Crippen molar-refractivity contribution in [2.45, 2.75) is 40.7 Å². The summed E-state index contributed by atoms with van der Waals surface area (Å²) in [6, 6.07) is 14.6. The SMILES string of the molecule is CC.CCOC(=O)CCNCc1ccc(N=C(/C=C(\N)c2ccc(Cl)cc2)NC(C)=O)cc1. The number of halogens is 1. The predicted octanol–water partition coefficient (Wildman–Crippen LogP) is 4.57. The summed E-state index contributed by atoms with van der Waals surface area (Å²) in [6.45, 7) is 8.74. The molecule has 178 valence electrons. The van der Waals surface area contributed by atoms with Crippen LogP contribution in [-0.2, 0) is 20.9 Å². The van der Waals surface area contributed by atoms with Crippen LogP contribution in [0.25, 0.3) is 5.70 Å². The van der Waals surface area contributed by atoms with Gasteiger partial charge in [-0.05, 0) is 42.3 Å². The summed E-state index contributed by atoms with van der Waals surface area (Å²) in [5.41, 5.74) is 9.08. The standard InChI is InChI=1S/C23H27ClN4O3.C2H6/c1-3-31-23(30)12-13-26-15-17-4-10-20(11-5-17)28-22(27-16(2)29)14-21(25)18-6-8-19(24)9-7-18;1-2/h4-11,14,26H,3,12-13,15,25H2,1-2H3,(H,27,28,29);1-2H3/b21-14-;. The minimum atomic E-state index is -0.249. The van der Waals surface area contributed by atoms with Gasteiger partial charge in [-0.2, -0.15) is 0 Å². The van der Waals surface area contributed by atoms with Crippen LogP contribution in [0.5, 0.6) is 0 Å². The number of nitrogens with zero attached hydrogens (tertiary/aromatic N) is 1. The lowest BCUT2D eigenvalue weighted by Gasteiger charge is -2.07. The second-order valence-corrected chi connectivity index (χ2v) is 7.12. The third kappa shape index (κ3) is 11.3. The maximum absolute atomic E-state index is 11.6. The van der Waals surface area contributed by atoms with E-state index in [1.54, 1.807) is 37.3 Å². The molecule has 2 aromatic carbocycles. The lowest BCUT2D eigenvalue weighted by Crippen LogP contribution is -2.27. The second kappa shape index (κ2) is 15.6. The van der Waals surface area contributed by atoms with E-state index in [1.807, 2.05) is 38.1 Å². The van der Waals surface area contributed by atoms with Crippen LogP contribution in [0.3, 0.4) is 0 Å². The minimum absolute atomic E-state index is 0.212. The molecule has 0 aliphatic heterocycles. The number of aliphatic imine (C=N–C) groups is 1. The van der Waals surface area contributed by atoms with E-state index >= 15 is 0 Å². The number of hydrogen-bond acceptors (Lipinski definition) is 6. The number of amides is 1. The first-order valence-corrected chi connectivity index (χ1v) is 11.3. The molecular formula is C25H33ClN4O3. The van der Waals surface area contributed by atoms with Crippen molar-refractivity contribution in [2.24, 2.45) is 10.7 Å². The van der Waals surface area contributed by atoms with Gasteiger partial charge in [0.05, 0.1) is 18.7 Å². The first kappa shape index (κ1) is 27.9. The molecule has 2 rings (SSSR count). The van der Waals surface area contributed by atoms with Gasteiger partial charge >= 0.3 is 5.97 Å². The number of nitrogens with one attached hydrogen (secondary N) is 2. The summed E-state index contributed by atoms with van der Waals surface area (Å²) in [7, 11) is 0. The third-order valence-electron chi connectivity index (χ3n) is 4.10. The van der Waals surface area contributed by atoms with Crippen LogP contribution in [0.15, 0.2) is 59.6 Å². The first-order valence-electron chi connectivity index (χ1n) is 10.9. The number of rotatable bonds is 9. The van der Waals surface area contributed by atoms with Gasteiger partial charge in [-0.25, -0.2) is 4.99 Å². The van der Waals surface area contributed by atoms with Crippen LogP contribution in [0.2, 0.25) is 5.02 Å². The Bertz CT molecular complexity index is 939. The van der Waals surface area contributed by atoms with Gasteiger partial charge in [0, 0.05) is 36.8 Å². The lowest BCUT2D eigenvalue weighted by atomic mass is 10.1. The van der Waals surface area contributed by atoms with Crippen LogP contribution in [0.1, 0.15) is 45.2 Å². The molecule has 2 aromatic rings. The predicted molar refractivity (Wildman–Crippen MR) is 135 cm³/mol. The summed E-state index contributed by atoms with van der Waals surface area (Å²) in [5.74, 6) is -0.127. The number of esters is 1. The Morgan fingerprint density at radius 1 is 1.09 bits per heavy atom. The number of amidine groups is 1. The van der Waals surface area contributed by atoms with Crippen LogP contribution >= 0.6 is 11.6 Å². The Morgan fingerprint density at radius 3 is 2.30 bits per heavy atom. The zero-order valence-electron chi connectivity index (χ0n) is 19.7. The van der Waals surface area contributed by atoms with E-state index in [4.69, 9.17) is 22.1 Å². The largest absolute Gasteiger partial charge is 0.466 e. The van der Waals surface area contributed by atoms with Crippen molar-refractivity contribution in [1.82, 2.24) is 10.6 Å². The Morgan fingerprint density at radius 2 is 1.73 bits per heavy atom. The molecule has 4 N–H and O–H groups in total. The molecule has 0 bridgehead atoms.